The van der Waals surface area contributed by atoms with Gasteiger partial charge < -0.3 is 19.7 Å². The highest BCUT2D eigenvalue weighted by atomic mass is 79.9. The molecule has 2 aliphatic heterocycles. The van der Waals surface area contributed by atoms with Crippen molar-refractivity contribution < 1.29 is 9.59 Å². The second kappa shape index (κ2) is 13.0. The van der Waals surface area contributed by atoms with Crippen LogP contribution in [0, 0.1) is 5.92 Å². The van der Waals surface area contributed by atoms with Crippen LogP contribution in [0.5, 0.6) is 0 Å². The number of carbonyl (C=O) groups excluding carboxylic acids is 2. The summed E-state index contributed by atoms with van der Waals surface area (Å²) >= 11 is 10.1. The number of likely N-dealkylation sites (tertiary alicyclic amines) is 1. The number of piperidine rings is 1. The summed E-state index contributed by atoms with van der Waals surface area (Å²) in [5.41, 5.74) is 4.57. The molecule has 0 spiro atoms. The van der Waals surface area contributed by atoms with Gasteiger partial charge in [-0.1, -0.05) is 17.7 Å². The van der Waals surface area contributed by atoms with Gasteiger partial charge in [-0.05, 0) is 96.3 Å². The molecular weight excluding hydrogens is 630 g/mol. The Labute approximate surface area is 266 Å². The number of amides is 3. The van der Waals surface area contributed by atoms with Crippen molar-refractivity contribution in [3.63, 3.8) is 0 Å². The lowest BCUT2D eigenvalue weighted by atomic mass is 9.94. The van der Waals surface area contributed by atoms with E-state index in [0.717, 1.165) is 47.4 Å². The maximum Gasteiger partial charge on any atom is 0.318 e. The number of nitrogens with zero attached hydrogens (tertiary/aromatic N) is 6. The molecule has 9 nitrogen and oxygen atoms in total. The normalized spacial score (nSPS) is 22.6. The standard InChI is InChI=1S/C32H39BrClN7O2/c1-21(2)37-32(43)41-13-12-39(19-28(41)31(42)40-10-3-4-22(18-40)17-38-11-9-35-20-38)30-27-8-7-26(34)15-23(27)5-6-24-14-25(33)16-36-29(24)30/h7-9,11,14-16,20-22,28,30H,3-6,10,12-13,17-19H2,1-2H3,(H,37,43)/t22-,28+,30+/m0/s1. The molecule has 4 heterocycles. The highest BCUT2D eigenvalue weighted by Crippen LogP contribution is 2.39. The van der Waals surface area contributed by atoms with Gasteiger partial charge in [-0.15, -0.1) is 0 Å². The number of aryl methyl sites for hydroxylation is 2. The van der Waals surface area contributed by atoms with E-state index in [4.69, 9.17) is 16.6 Å². The van der Waals surface area contributed by atoms with E-state index in [-0.39, 0.29) is 24.0 Å². The second-order valence-electron chi connectivity index (χ2n) is 12.3. The Hall–Kier alpha value is -2.95. The number of pyridine rings is 1. The number of benzene rings is 1. The Balaban J connectivity index is 1.32. The summed E-state index contributed by atoms with van der Waals surface area (Å²) < 4.78 is 3.04. The van der Waals surface area contributed by atoms with Crippen molar-refractivity contribution in [2.75, 3.05) is 32.7 Å². The molecule has 0 saturated carbocycles. The number of aromatic nitrogens is 3. The molecule has 2 aromatic heterocycles. The van der Waals surface area contributed by atoms with Crippen LogP contribution in [0.15, 0.2) is 53.7 Å². The zero-order chi connectivity index (χ0) is 30.1. The van der Waals surface area contributed by atoms with Crippen molar-refractivity contribution >= 4 is 39.5 Å². The fourth-order valence-electron chi connectivity index (χ4n) is 6.92. The first-order chi connectivity index (χ1) is 20.8. The molecule has 2 fully saturated rings. The van der Waals surface area contributed by atoms with Crippen LogP contribution >= 0.6 is 27.5 Å². The van der Waals surface area contributed by atoms with Crippen molar-refractivity contribution in [3.05, 3.63) is 81.1 Å². The number of fused-ring (bicyclic) bond motifs is 2. The summed E-state index contributed by atoms with van der Waals surface area (Å²) in [5.74, 6) is 0.366. The highest BCUT2D eigenvalue weighted by Gasteiger charge is 2.42. The lowest BCUT2D eigenvalue weighted by Gasteiger charge is -2.46. The quantitative estimate of drug-likeness (QED) is 0.417. The topological polar surface area (TPSA) is 86.6 Å². The van der Waals surface area contributed by atoms with E-state index < -0.39 is 6.04 Å². The monoisotopic (exact) mass is 667 g/mol. The molecule has 3 aliphatic rings. The number of hydrogen-bond acceptors (Lipinski definition) is 5. The van der Waals surface area contributed by atoms with E-state index in [9.17, 15) is 9.59 Å². The van der Waals surface area contributed by atoms with E-state index >= 15 is 0 Å². The fraction of sp³-hybridized carbons (Fsp3) is 0.500. The molecule has 1 aromatic carbocycles. The second-order valence-corrected chi connectivity index (χ2v) is 13.7. The van der Waals surface area contributed by atoms with E-state index in [0.29, 0.717) is 38.6 Å². The zero-order valence-electron chi connectivity index (χ0n) is 24.8. The highest BCUT2D eigenvalue weighted by molar-refractivity contribution is 9.10. The van der Waals surface area contributed by atoms with Crippen LogP contribution in [0.1, 0.15) is 55.1 Å². The first-order valence-electron chi connectivity index (χ1n) is 15.2. The Morgan fingerprint density at radius 2 is 1.95 bits per heavy atom. The first-order valence-corrected chi connectivity index (χ1v) is 16.4. The maximum atomic E-state index is 14.4. The molecule has 0 radical (unpaired) electrons. The SMILES string of the molecule is CC(C)NC(=O)N1CCN([C@@H]2c3ccc(Cl)cc3CCc3cc(Br)cnc32)C[C@@H]1C(=O)N1CCC[C@@H](Cn2ccnc2)C1. The number of rotatable bonds is 5. The number of carbonyl (C=O) groups is 2. The third-order valence-corrected chi connectivity index (χ3v) is 9.55. The van der Waals surface area contributed by atoms with E-state index in [1.54, 1.807) is 11.1 Å². The minimum Gasteiger partial charge on any atom is -0.341 e. The van der Waals surface area contributed by atoms with Gasteiger partial charge in [-0.25, -0.2) is 9.78 Å². The first kappa shape index (κ1) is 30.1. The summed E-state index contributed by atoms with van der Waals surface area (Å²) in [7, 11) is 0. The van der Waals surface area contributed by atoms with Crippen molar-refractivity contribution in [1.29, 1.82) is 0 Å². The van der Waals surface area contributed by atoms with Gasteiger partial charge in [0.15, 0.2) is 0 Å². The van der Waals surface area contributed by atoms with Crippen LogP contribution in [-0.2, 0) is 24.2 Å². The smallest absolute Gasteiger partial charge is 0.318 e. The molecular formula is C32H39BrClN7O2. The van der Waals surface area contributed by atoms with Gasteiger partial charge in [0.1, 0.15) is 6.04 Å². The number of hydrogen-bond donors (Lipinski definition) is 1. The molecule has 2 saturated heterocycles. The Kier molecular flexibility index (Phi) is 9.07. The molecule has 1 N–H and O–H groups in total. The maximum absolute atomic E-state index is 14.4. The van der Waals surface area contributed by atoms with Gasteiger partial charge in [0.2, 0.25) is 5.91 Å². The number of nitrogens with one attached hydrogen (secondary N) is 1. The van der Waals surface area contributed by atoms with E-state index in [2.05, 4.69) is 53.9 Å². The molecule has 1 aliphatic carbocycles. The lowest BCUT2D eigenvalue weighted by Crippen LogP contribution is -2.64. The zero-order valence-corrected chi connectivity index (χ0v) is 27.1. The molecule has 0 unspecified atom stereocenters. The van der Waals surface area contributed by atoms with Crippen LogP contribution in [-0.4, -0.2) is 86.0 Å². The minimum absolute atomic E-state index is 0.0212. The van der Waals surface area contributed by atoms with Crippen molar-refractivity contribution in [2.24, 2.45) is 5.92 Å². The molecule has 43 heavy (non-hydrogen) atoms. The van der Waals surface area contributed by atoms with Crippen LogP contribution in [0.25, 0.3) is 0 Å². The average molecular weight is 669 g/mol. The van der Waals surface area contributed by atoms with Gasteiger partial charge in [-0.2, -0.15) is 0 Å². The molecule has 0 bridgehead atoms. The predicted molar refractivity (Wildman–Crippen MR) is 170 cm³/mol. The molecule has 3 aromatic rings. The fourth-order valence-corrected chi connectivity index (χ4v) is 7.50. The third kappa shape index (κ3) is 6.61. The van der Waals surface area contributed by atoms with Gasteiger partial charge in [0, 0.05) is 73.4 Å². The molecule has 228 valence electrons. The van der Waals surface area contributed by atoms with Gasteiger partial charge >= 0.3 is 6.03 Å². The Bertz CT molecular complexity index is 1410. The molecule has 11 heteroatoms. The van der Waals surface area contributed by atoms with E-state index in [1.807, 2.05) is 43.5 Å². The van der Waals surface area contributed by atoms with E-state index in [1.165, 1.54) is 16.7 Å². The van der Waals surface area contributed by atoms with Gasteiger partial charge in [-0.3, -0.25) is 14.7 Å². The number of urea groups is 1. The summed E-state index contributed by atoms with van der Waals surface area (Å²) in [5, 5.41) is 3.76. The number of piperazine rings is 1. The Morgan fingerprint density at radius 1 is 1.12 bits per heavy atom. The lowest BCUT2D eigenvalue weighted by molar-refractivity contribution is -0.140. The summed E-state index contributed by atoms with van der Waals surface area (Å²) in [6.45, 7) is 7.62. The van der Waals surface area contributed by atoms with Crippen LogP contribution in [0.3, 0.4) is 0 Å². The Morgan fingerprint density at radius 3 is 2.74 bits per heavy atom. The van der Waals surface area contributed by atoms with Crippen LogP contribution in [0.4, 0.5) is 4.79 Å². The van der Waals surface area contributed by atoms with Gasteiger partial charge in [0.25, 0.3) is 0 Å². The number of imidazole rings is 1. The van der Waals surface area contributed by atoms with Crippen LogP contribution in [0.2, 0.25) is 5.02 Å². The van der Waals surface area contributed by atoms with Crippen molar-refractivity contribution in [1.82, 2.24) is 34.6 Å². The molecule has 6 rings (SSSR count). The van der Waals surface area contributed by atoms with Crippen molar-refractivity contribution in [2.45, 2.75) is 64.2 Å². The summed E-state index contributed by atoms with van der Waals surface area (Å²) in [6.07, 6.45) is 11.2. The largest absolute Gasteiger partial charge is 0.341 e. The van der Waals surface area contributed by atoms with Gasteiger partial charge in [0.05, 0.1) is 18.1 Å². The number of halogens is 2. The summed E-state index contributed by atoms with van der Waals surface area (Å²) in [4.78, 5) is 43.1. The summed E-state index contributed by atoms with van der Waals surface area (Å²) in [6, 6.07) is 7.33. The molecule has 3 atom stereocenters. The average Bonchev–Trinajstić information content (AvgIpc) is 3.44. The minimum atomic E-state index is -0.600. The van der Waals surface area contributed by atoms with Crippen molar-refractivity contribution in [3.8, 4) is 0 Å². The third-order valence-electron chi connectivity index (χ3n) is 8.88. The van der Waals surface area contributed by atoms with Crippen LogP contribution < -0.4 is 5.32 Å². The molecule has 3 amide bonds. The predicted octanol–water partition coefficient (Wildman–Crippen LogP) is 4.93.